The van der Waals surface area contributed by atoms with Gasteiger partial charge in [0.2, 0.25) is 0 Å². The van der Waals surface area contributed by atoms with Gasteiger partial charge in [0.25, 0.3) is 0 Å². The van der Waals surface area contributed by atoms with Gasteiger partial charge in [0.1, 0.15) is 5.75 Å². The highest BCUT2D eigenvalue weighted by Gasteiger charge is 2.15. The predicted molar refractivity (Wildman–Crippen MR) is 80.9 cm³/mol. The molecular weight excluding hydrogens is 250 g/mol. The zero-order valence-corrected chi connectivity index (χ0v) is 12.6. The van der Waals surface area contributed by atoms with Crippen molar-refractivity contribution in [3.63, 3.8) is 0 Å². The third-order valence-corrected chi connectivity index (χ3v) is 3.01. The highest BCUT2D eigenvalue weighted by molar-refractivity contribution is 5.33. The second-order valence-electron chi connectivity index (χ2n) is 5.19. The molecule has 1 N–H and O–H groups in total. The van der Waals surface area contributed by atoms with Gasteiger partial charge in [-0.2, -0.15) is 0 Å². The van der Waals surface area contributed by atoms with E-state index in [0.717, 1.165) is 18.0 Å². The number of rotatable bonds is 6. The van der Waals surface area contributed by atoms with Crippen molar-refractivity contribution in [3.05, 3.63) is 48.0 Å². The molecule has 1 atom stereocenters. The molecule has 0 aliphatic carbocycles. The van der Waals surface area contributed by atoms with E-state index >= 15 is 0 Å². The summed E-state index contributed by atoms with van der Waals surface area (Å²) in [6.45, 7) is 7.06. The van der Waals surface area contributed by atoms with Gasteiger partial charge < -0.3 is 14.6 Å². The Balaban J connectivity index is 2.21. The quantitative estimate of drug-likeness (QED) is 0.879. The number of benzene rings is 1. The largest absolute Gasteiger partial charge is 0.491 e. The molecular formula is C16H23N3O. The van der Waals surface area contributed by atoms with Crippen molar-refractivity contribution in [2.24, 2.45) is 7.05 Å². The maximum absolute atomic E-state index is 5.68. The Bertz CT molecular complexity index is 531. The van der Waals surface area contributed by atoms with Crippen LogP contribution in [-0.2, 0) is 7.05 Å². The second kappa shape index (κ2) is 6.57. The maximum Gasteiger partial charge on any atom is 0.119 e. The molecule has 0 saturated heterocycles. The Labute approximate surface area is 120 Å². The Morgan fingerprint density at radius 2 is 1.95 bits per heavy atom. The van der Waals surface area contributed by atoms with Gasteiger partial charge >= 0.3 is 0 Å². The molecule has 0 fully saturated rings. The number of ether oxygens (including phenoxy) is 1. The fraction of sp³-hybridized carbons (Fsp3) is 0.438. The molecule has 2 rings (SSSR count). The highest BCUT2D eigenvalue weighted by atomic mass is 16.5. The molecule has 2 aromatic rings. The summed E-state index contributed by atoms with van der Waals surface area (Å²) in [6.07, 6.45) is 4.07. The molecule has 0 saturated carbocycles. The van der Waals surface area contributed by atoms with Crippen LogP contribution in [0.2, 0.25) is 0 Å². The zero-order chi connectivity index (χ0) is 14.5. The van der Waals surface area contributed by atoms with E-state index in [0.29, 0.717) is 0 Å². The van der Waals surface area contributed by atoms with Crippen molar-refractivity contribution in [3.8, 4) is 5.75 Å². The SMILES string of the molecule is CCNC(c1ccc(OC(C)C)cc1)c1cn(C)cn1. The highest BCUT2D eigenvalue weighted by Crippen LogP contribution is 2.23. The molecule has 108 valence electrons. The number of hydrogen-bond acceptors (Lipinski definition) is 3. The third kappa shape index (κ3) is 3.61. The number of nitrogens with one attached hydrogen (secondary N) is 1. The van der Waals surface area contributed by atoms with Crippen LogP contribution in [0.3, 0.4) is 0 Å². The Morgan fingerprint density at radius 3 is 2.45 bits per heavy atom. The maximum atomic E-state index is 5.68. The van der Waals surface area contributed by atoms with Crippen molar-refractivity contribution in [2.75, 3.05) is 6.54 Å². The zero-order valence-electron chi connectivity index (χ0n) is 12.6. The Morgan fingerprint density at radius 1 is 1.25 bits per heavy atom. The smallest absolute Gasteiger partial charge is 0.119 e. The molecule has 20 heavy (non-hydrogen) atoms. The summed E-state index contributed by atoms with van der Waals surface area (Å²) in [5, 5.41) is 3.47. The summed E-state index contributed by atoms with van der Waals surface area (Å²) >= 11 is 0. The summed E-state index contributed by atoms with van der Waals surface area (Å²) in [7, 11) is 1.99. The van der Waals surface area contributed by atoms with E-state index in [1.807, 2.05) is 50.1 Å². The van der Waals surface area contributed by atoms with Crippen LogP contribution < -0.4 is 10.1 Å². The van der Waals surface area contributed by atoms with Gasteiger partial charge in [0.05, 0.1) is 24.2 Å². The fourth-order valence-corrected chi connectivity index (χ4v) is 2.19. The number of aromatic nitrogens is 2. The van der Waals surface area contributed by atoms with Gasteiger partial charge in [0.15, 0.2) is 0 Å². The second-order valence-corrected chi connectivity index (χ2v) is 5.19. The first-order valence-corrected chi connectivity index (χ1v) is 7.08. The van der Waals surface area contributed by atoms with E-state index < -0.39 is 0 Å². The summed E-state index contributed by atoms with van der Waals surface area (Å²) < 4.78 is 7.65. The van der Waals surface area contributed by atoms with Crippen LogP contribution in [0.4, 0.5) is 0 Å². The van der Waals surface area contributed by atoms with Crippen LogP contribution in [0.5, 0.6) is 5.75 Å². The molecule has 0 spiro atoms. The van der Waals surface area contributed by atoms with E-state index in [-0.39, 0.29) is 12.1 Å². The minimum absolute atomic E-state index is 0.120. The Hall–Kier alpha value is -1.81. The summed E-state index contributed by atoms with van der Waals surface area (Å²) in [5.74, 6) is 0.903. The van der Waals surface area contributed by atoms with Crippen molar-refractivity contribution >= 4 is 0 Å². The van der Waals surface area contributed by atoms with Crippen LogP contribution >= 0.6 is 0 Å². The third-order valence-electron chi connectivity index (χ3n) is 3.01. The van der Waals surface area contributed by atoms with E-state index in [1.165, 1.54) is 5.56 Å². The van der Waals surface area contributed by atoms with Crippen molar-refractivity contribution < 1.29 is 4.74 Å². The lowest BCUT2D eigenvalue weighted by molar-refractivity contribution is 0.242. The van der Waals surface area contributed by atoms with E-state index in [9.17, 15) is 0 Å². The number of hydrogen-bond donors (Lipinski definition) is 1. The number of aryl methyl sites for hydroxylation is 1. The van der Waals surface area contributed by atoms with Crippen molar-refractivity contribution in [1.29, 1.82) is 0 Å². The van der Waals surface area contributed by atoms with E-state index in [4.69, 9.17) is 4.74 Å². The summed E-state index contributed by atoms with van der Waals surface area (Å²) in [4.78, 5) is 4.45. The molecule has 1 aromatic carbocycles. The van der Waals surface area contributed by atoms with Crippen LogP contribution in [0.1, 0.15) is 38.1 Å². The summed E-state index contributed by atoms with van der Waals surface area (Å²) in [6, 6.07) is 8.35. The molecule has 0 aliphatic rings. The first-order valence-electron chi connectivity index (χ1n) is 7.08. The first-order chi connectivity index (χ1) is 9.60. The lowest BCUT2D eigenvalue weighted by Crippen LogP contribution is -2.22. The topological polar surface area (TPSA) is 39.1 Å². The van der Waals surface area contributed by atoms with Crippen LogP contribution in [0.25, 0.3) is 0 Å². The van der Waals surface area contributed by atoms with Gasteiger partial charge in [-0.3, -0.25) is 0 Å². The first kappa shape index (κ1) is 14.6. The van der Waals surface area contributed by atoms with E-state index in [2.05, 4.69) is 29.4 Å². The molecule has 0 radical (unpaired) electrons. The van der Waals surface area contributed by atoms with Crippen molar-refractivity contribution in [2.45, 2.75) is 32.9 Å². The number of nitrogens with zero attached hydrogens (tertiary/aromatic N) is 2. The molecule has 1 heterocycles. The molecule has 4 heteroatoms. The minimum Gasteiger partial charge on any atom is -0.491 e. The van der Waals surface area contributed by atoms with Crippen LogP contribution in [-0.4, -0.2) is 22.2 Å². The van der Waals surface area contributed by atoms with Crippen molar-refractivity contribution in [1.82, 2.24) is 14.9 Å². The minimum atomic E-state index is 0.120. The van der Waals surface area contributed by atoms with Gasteiger partial charge in [-0.05, 0) is 38.1 Å². The summed E-state index contributed by atoms with van der Waals surface area (Å²) in [5.41, 5.74) is 2.23. The van der Waals surface area contributed by atoms with Crippen LogP contribution in [0.15, 0.2) is 36.8 Å². The molecule has 4 nitrogen and oxygen atoms in total. The normalized spacial score (nSPS) is 12.7. The molecule has 0 aliphatic heterocycles. The molecule has 0 amide bonds. The average molecular weight is 273 g/mol. The van der Waals surface area contributed by atoms with Gasteiger partial charge in [-0.25, -0.2) is 4.98 Å². The van der Waals surface area contributed by atoms with Gasteiger partial charge in [-0.15, -0.1) is 0 Å². The average Bonchev–Trinajstić information content (AvgIpc) is 2.83. The molecule has 0 bridgehead atoms. The van der Waals surface area contributed by atoms with E-state index in [1.54, 1.807) is 0 Å². The van der Waals surface area contributed by atoms with Crippen LogP contribution in [0, 0.1) is 0 Å². The lowest BCUT2D eigenvalue weighted by atomic mass is 10.0. The fourth-order valence-electron chi connectivity index (χ4n) is 2.19. The molecule has 1 unspecified atom stereocenters. The van der Waals surface area contributed by atoms with Gasteiger partial charge in [-0.1, -0.05) is 19.1 Å². The monoisotopic (exact) mass is 273 g/mol. The predicted octanol–water partition coefficient (Wildman–Crippen LogP) is 2.91. The van der Waals surface area contributed by atoms with Gasteiger partial charge in [0, 0.05) is 13.2 Å². The standard InChI is InChI=1S/C16H23N3O/c1-5-17-16(15-10-19(4)11-18-15)13-6-8-14(9-7-13)20-12(2)3/h6-12,16-17H,5H2,1-4H3. The molecule has 1 aromatic heterocycles. The lowest BCUT2D eigenvalue weighted by Gasteiger charge is -2.17. The Kier molecular flexibility index (Phi) is 4.79. The number of imidazole rings is 1.